The summed E-state index contributed by atoms with van der Waals surface area (Å²) in [7, 11) is 0. The van der Waals surface area contributed by atoms with E-state index in [2.05, 4.69) is 26.7 Å². The topological polar surface area (TPSA) is 52.5 Å². The van der Waals surface area contributed by atoms with Crippen molar-refractivity contribution < 1.29 is 5.11 Å². The van der Waals surface area contributed by atoms with Gasteiger partial charge >= 0.3 is 0 Å². The number of β-amino-alcohol motifs (C(OH)–C–C–N with tert-alkyl or cyclic N) is 1. The van der Waals surface area contributed by atoms with Crippen molar-refractivity contribution >= 4 is 0 Å². The fourth-order valence-corrected chi connectivity index (χ4v) is 3.91. The summed E-state index contributed by atoms with van der Waals surface area (Å²) < 4.78 is 0. The number of piperidine rings is 1. The van der Waals surface area contributed by atoms with Gasteiger partial charge in [-0.2, -0.15) is 0 Å². The minimum atomic E-state index is -0.226. The lowest BCUT2D eigenvalue weighted by molar-refractivity contribution is 0.107. The Kier molecular flexibility index (Phi) is 5.39. The zero-order valence-corrected chi connectivity index (χ0v) is 13.6. The van der Waals surface area contributed by atoms with Crippen LogP contribution in [0.5, 0.6) is 0 Å². The van der Waals surface area contributed by atoms with Gasteiger partial charge in [-0.1, -0.05) is 6.92 Å². The Hall–Kier alpha value is -1.04. The number of aromatic nitrogens is 2. The van der Waals surface area contributed by atoms with E-state index in [1.807, 2.05) is 6.20 Å². The van der Waals surface area contributed by atoms with E-state index in [9.17, 15) is 5.11 Å². The van der Waals surface area contributed by atoms with E-state index in [0.717, 1.165) is 25.2 Å². The highest BCUT2D eigenvalue weighted by atomic mass is 16.3. The van der Waals surface area contributed by atoms with E-state index >= 15 is 0 Å². The van der Waals surface area contributed by atoms with Crippen molar-refractivity contribution in [1.29, 1.82) is 0 Å². The molecule has 0 unspecified atom stereocenters. The smallest absolute Gasteiger partial charge is 0.0711 e. The van der Waals surface area contributed by atoms with Crippen molar-refractivity contribution in [2.75, 3.05) is 32.7 Å². The summed E-state index contributed by atoms with van der Waals surface area (Å²) in [4.78, 5) is 13.5. The fraction of sp³-hybridized carbons (Fsp3) is 0.765. The standard InChI is InChI=1S/C17H28N4O/c1-2-7-20-8-3-16(4-9-20)21-12-14(17(22)13-21)10-15-11-18-5-6-19-15/h5-6,11,14,16-17,22H,2-4,7-10,12-13H2,1H3/t14-,17-/m1/s1. The zero-order valence-electron chi connectivity index (χ0n) is 13.6. The van der Waals surface area contributed by atoms with E-state index in [0.29, 0.717) is 12.0 Å². The molecule has 5 nitrogen and oxygen atoms in total. The Bertz CT molecular complexity index is 447. The molecule has 1 aromatic rings. The largest absolute Gasteiger partial charge is 0.391 e. The van der Waals surface area contributed by atoms with Gasteiger partial charge in [0, 0.05) is 43.6 Å². The Morgan fingerprint density at radius 2 is 2.05 bits per heavy atom. The normalized spacial score (nSPS) is 28.3. The molecular weight excluding hydrogens is 276 g/mol. The average molecular weight is 304 g/mol. The van der Waals surface area contributed by atoms with Crippen molar-refractivity contribution in [1.82, 2.24) is 19.8 Å². The maximum Gasteiger partial charge on any atom is 0.0711 e. The van der Waals surface area contributed by atoms with Crippen molar-refractivity contribution in [2.45, 2.75) is 44.8 Å². The highest BCUT2D eigenvalue weighted by molar-refractivity contribution is 5.00. The van der Waals surface area contributed by atoms with E-state index in [-0.39, 0.29) is 6.10 Å². The fourth-order valence-electron chi connectivity index (χ4n) is 3.91. The number of hydrogen-bond donors (Lipinski definition) is 1. The van der Waals surface area contributed by atoms with Gasteiger partial charge in [-0.15, -0.1) is 0 Å². The summed E-state index contributed by atoms with van der Waals surface area (Å²) in [5.74, 6) is 0.297. The zero-order chi connectivity index (χ0) is 15.4. The van der Waals surface area contributed by atoms with Gasteiger partial charge in [0.2, 0.25) is 0 Å². The lowest BCUT2D eigenvalue weighted by Crippen LogP contribution is -2.44. The quantitative estimate of drug-likeness (QED) is 0.885. The molecule has 122 valence electrons. The van der Waals surface area contributed by atoms with E-state index < -0.39 is 0 Å². The molecule has 0 radical (unpaired) electrons. The minimum absolute atomic E-state index is 0.226. The first-order valence-corrected chi connectivity index (χ1v) is 8.65. The van der Waals surface area contributed by atoms with Crippen LogP contribution in [0.1, 0.15) is 31.9 Å². The highest BCUT2D eigenvalue weighted by Gasteiger charge is 2.36. The van der Waals surface area contributed by atoms with Crippen LogP contribution < -0.4 is 0 Å². The van der Waals surface area contributed by atoms with Gasteiger partial charge in [0.25, 0.3) is 0 Å². The first kappa shape index (κ1) is 15.8. The first-order valence-electron chi connectivity index (χ1n) is 8.65. The minimum Gasteiger partial charge on any atom is -0.391 e. The van der Waals surface area contributed by atoms with Gasteiger partial charge in [0.1, 0.15) is 0 Å². The lowest BCUT2D eigenvalue weighted by Gasteiger charge is -2.36. The average Bonchev–Trinajstić information content (AvgIpc) is 2.90. The molecule has 0 aromatic carbocycles. The van der Waals surface area contributed by atoms with E-state index in [1.165, 1.54) is 38.9 Å². The number of aliphatic hydroxyl groups excluding tert-OH is 1. The second kappa shape index (κ2) is 7.49. The molecule has 22 heavy (non-hydrogen) atoms. The SMILES string of the molecule is CCCN1CCC(N2C[C@@H](Cc3cnccn3)[C@H](O)C2)CC1. The van der Waals surface area contributed by atoms with E-state index in [4.69, 9.17) is 0 Å². The molecule has 2 aliphatic heterocycles. The number of aliphatic hydroxyl groups is 1. The van der Waals surface area contributed by atoms with Crippen LogP contribution in [0.4, 0.5) is 0 Å². The highest BCUT2D eigenvalue weighted by Crippen LogP contribution is 2.26. The van der Waals surface area contributed by atoms with Crippen LogP contribution in [0, 0.1) is 5.92 Å². The van der Waals surface area contributed by atoms with Gasteiger partial charge in [0.05, 0.1) is 11.8 Å². The van der Waals surface area contributed by atoms with Crippen LogP contribution in [0.3, 0.4) is 0 Å². The third kappa shape index (κ3) is 3.83. The van der Waals surface area contributed by atoms with Crippen LogP contribution in [0.15, 0.2) is 18.6 Å². The van der Waals surface area contributed by atoms with E-state index in [1.54, 1.807) is 12.4 Å². The van der Waals surface area contributed by atoms with Crippen LogP contribution in [0.2, 0.25) is 0 Å². The molecule has 1 N–H and O–H groups in total. The van der Waals surface area contributed by atoms with Gasteiger partial charge in [-0.25, -0.2) is 0 Å². The monoisotopic (exact) mass is 304 g/mol. The second-order valence-electron chi connectivity index (χ2n) is 6.76. The molecule has 3 rings (SSSR count). The third-order valence-corrected chi connectivity index (χ3v) is 5.14. The van der Waals surface area contributed by atoms with Gasteiger partial charge in [-0.3, -0.25) is 14.9 Å². The Balaban J connectivity index is 1.51. The molecular formula is C17H28N4O. The van der Waals surface area contributed by atoms with Gasteiger partial charge in [0.15, 0.2) is 0 Å². The molecule has 2 saturated heterocycles. The Morgan fingerprint density at radius 3 is 2.73 bits per heavy atom. The lowest BCUT2D eigenvalue weighted by atomic mass is 10.00. The van der Waals surface area contributed by atoms with Gasteiger partial charge in [-0.05, 0) is 45.3 Å². The van der Waals surface area contributed by atoms with Gasteiger partial charge < -0.3 is 10.0 Å². The summed E-state index contributed by atoms with van der Waals surface area (Å²) in [6.45, 7) is 7.71. The predicted octanol–water partition coefficient (Wildman–Crippen LogP) is 1.19. The summed E-state index contributed by atoms with van der Waals surface area (Å²) in [5, 5.41) is 10.4. The van der Waals surface area contributed by atoms with Crippen molar-refractivity contribution in [2.24, 2.45) is 5.92 Å². The molecule has 0 bridgehead atoms. The predicted molar refractivity (Wildman–Crippen MR) is 86.6 cm³/mol. The van der Waals surface area contributed by atoms with Crippen LogP contribution in [-0.4, -0.2) is 69.7 Å². The molecule has 3 heterocycles. The Morgan fingerprint density at radius 1 is 1.23 bits per heavy atom. The molecule has 2 atom stereocenters. The molecule has 2 aliphatic rings. The second-order valence-corrected chi connectivity index (χ2v) is 6.76. The first-order chi connectivity index (χ1) is 10.8. The van der Waals surface area contributed by atoms with Crippen LogP contribution in [0.25, 0.3) is 0 Å². The van der Waals surface area contributed by atoms with Crippen molar-refractivity contribution in [3.05, 3.63) is 24.3 Å². The Labute approximate surface area is 133 Å². The van der Waals surface area contributed by atoms with Crippen LogP contribution in [-0.2, 0) is 6.42 Å². The number of nitrogens with zero attached hydrogens (tertiary/aromatic N) is 4. The molecule has 0 saturated carbocycles. The molecule has 0 spiro atoms. The number of likely N-dealkylation sites (tertiary alicyclic amines) is 2. The summed E-state index contributed by atoms with van der Waals surface area (Å²) in [6, 6.07) is 0.648. The van der Waals surface area contributed by atoms with Crippen molar-refractivity contribution in [3.8, 4) is 0 Å². The molecule has 2 fully saturated rings. The molecule has 0 amide bonds. The third-order valence-electron chi connectivity index (χ3n) is 5.14. The number of rotatable bonds is 5. The molecule has 5 heteroatoms. The number of hydrogen-bond acceptors (Lipinski definition) is 5. The molecule has 1 aromatic heterocycles. The maximum atomic E-state index is 10.4. The summed E-state index contributed by atoms with van der Waals surface area (Å²) >= 11 is 0. The van der Waals surface area contributed by atoms with Crippen LogP contribution >= 0.6 is 0 Å². The summed E-state index contributed by atoms with van der Waals surface area (Å²) in [5.41, 5.74) is 0.992. The maximum absolute atomic E-state index is 10.4. The van der Waals surface area contributed by atoms with Crippen molar-refractivity contribution in [3.63, 3.8) is 0 Å². The molecule has 0 aliphatic carbocycles. The summed E-state index contributed by atoms with van der Waals surface area (Å²) in [6.07, 6.45) is 9.58.